The maximum atomic E-state index is 15.7. The molecule has 2 saturated heterocycles. The van der Waals surface area contributed by atoms with Crippen molar-refractivity contribution < 1.29 is 24.2 Å². The lowest BCUT2D eigenvalue weighted by molar-refractivity contribution is -0.188. The molecule has 3 atom stereocenters. The number of likely N-dealkylation sites (tertiary alicyclic amines) is 1. The first kappa shape index (κ1) is 26.5. The van der Waals surface area contributed by atoms with E-state index in [0.717, 1.165) is 6.42 Å². The number of hydrogen-bond donors (Lipinski definition) is 2. The van der Waals surface area contributed by atoms with Gasteiger partial charge < -0.3 is 20.0 Å². The molecule has 3 rings (SSSR count). The van der Waals surface area contributed by atoms with E-state index >= 15 is 4.39 Å². The van der Waals surface area contributed by atoms with E-state index in [9.17, 15) is 19.8 Å². The number of hydrogen-bond acceptors (Lipinski definition) is 4. The number of halogens is 2. The Morgan fingerprint density at radius 2 is 1.76 bits per heavy atom. The van der Waals surface area contributed by atoms with Crippen molar-refractivity contribution in [2.45, 2.75) is 73.3 Å². The van der Waals surface area contributed by atoms with Crippen molar-refractivity contribution in [2.24, 2.45) is 22.2 Å². The highest BCUT2D eigenvalue weighted by Gasteiger charge is 2.66. The van der Waals surface area contributed by atoms with Crippen LogP contribution in [0.15, 0.2) is 6.07 Å². The van der Waals surface area contributed by atoms with E-state index in [-0.39, 0.29) is 30.2 Å². The molecule has 0 radical (unpaired) electrons. The summed E-state index contributed by atoms with van der Waals surface area (Å²) in [6.45, 7) is 14.9. The molecule has 7 nitrogen and oxygen atoms in total. The third kappa shape index (κ3) is 4.12. The van der Waals surface area contributed by atoms with Crippen LogP contribution in [0.25, 0.3) is 0 Å². The molecule has 2 fully saturated rings. The van der Waals surface area contributed by atoms with Gasteiger partial charge in [0.25, 0.3) is 0 Å². The van der Waals surface area contributed by atoms with Gasteiger partial charge in [0.15, 0.2) is 5.82 Å². The molecule has 2 N–H and O–H groups in total. The zero-order valence-electron chi connectivity index (χ0n) is 21.2. The summed E-state index contributed by atoms with van der Waals surface area (Å²) in [5.41, 5.74) is -3.36. The number of anilines is 1. The normalized spacial score (nSPS) is 28.0. The molecule has 0 spiro atoms. The highest BCUT2D eigenvalue weighted by molar-refractivity contribution is 6.29. The van der Waals surface area contributed by atoms with Crippen LogP contribution in [-0.4, -0.2) is 57.3 Å². The molecule has 190 valence electrons. The number of aliphatic carboxylic acids is 1. The van der Waals surface area contributed by atoms with Crippen LogP contribution in [0.5, 0.6) is 0 Å². The maximum Gasteiger partial charge on any atom is 0.407 e. The van der Waals surface area contributed by atoms with E-state index in [2.05, 4.69) is 4.98 Å². The Morgan fingerprint density at radius 3 is 2.18 bits per heavy atom. The predicted octanol–water partition coefficient (Wildman–Crippen LogP) is 5.55. The molecule has 34 heavy (non-hydrogen) atoms. The second-order valence-electron chi connectivity index (χ2n) is 12.1. The Hall–Kier alpha value is -2.09. The minimum atomic E-state index is -1.45. The van der Waals surface area contributed by atoms with Crippen LogP contribution >= 0.6 is 11.6 Å². The molecular weight excluding hydrogens is 461 g/mol. The quantitative estimate of drug-likeness (QED) is 0.530. The van der Waals surface area contributed by atoms with Crippen molar-refractivity contribution in [3.05, 3.63) is 22.7 Å². The van der Waals surface area contributed by atoms with Crippen LogP contribution in [0.3, 0.4) is 0 Å². The topological polar surface area (TPSA) is 94.0 Å². The van der Waals surface area contributed by atoms with Crippen molar-refractivity contribution in [3.8, 4) is 0 Å². The molecule has 2 aliphatic heterocycles. The number of carbonyl (C=O) groups is 2. The SMILES string of the molecule is CC(C)(C)C1[C@@](Cc2nc(Cl)cc(N3CCC3)c2F)(C(=O)O)CCN(C(=O)O)[C@@]1(C)C(C)(C)C. The molecule has 1 aromatic rings. The average Bonchev–Trinajstić information content (AvgIpc) is 2.61. The monoisotopic (exact) mass is 497 g/mol. The van der Waals surface area contributed by atoms with E-state index in [1.807, 2.05) is 53.4 Å². The first-order valence-electron chi connectivity index (χ1n) is 11.8. The summed E-state index contributed by atoms with van der Waals surface area (Å²) in [4.78, 5) is 33.0. The first-order valence-corrected chi connectivity index (χ1v) is 12.2. The zero-order valence-corrected chi connectivity index (χ0v) is 22.0. The van der Waals surface area contributed by atoms with Crippen LogP contribution in [0.4, 0.5) is 14.9 Å². The van der Waals surface area contributed by atoms with E-state index in [1.165, 1.54) is 11.0 Å². The van der Waals surface area contributed by atoms with Gasteiger partial charge in [-0.05, 0) is 30.6 Å². The summed E-state index contributed by atoms with van der Waals surface area (Å²) < 4.78 is 15.7. The second-order valence-corrected chi connectivity index (χ2v) is 12.5. The van der Waals surface area contributed by atoms with Crippen molar-refractivity contribution in [1.29, 1.82) is 0 Å². The van der Waals surface area contributed by atoms with Crippen molar-refractivity contribution in [3.63, 3.8) is 0 Å². The average molecular weight is 498 g/mol. The number of carboxylic acids is 1. The van der Waals surface area contributed by atoms with E-state index in [4.69, 9.17) is 11.6 Å². The van der Waals surface area contributed by atoms with Crippen LogP contribution in [0, 0.1) is 28.0 Å². The van der Waals surface area contributed by atoms with Gasteiger partial charge in [-0.15, -0.1) is 0 Å². The van der Waals surface area contributed by atoms with Gasteiger partial charge in [-0.2, -0.15) is 0 Å². The third-order valence-corrected chi connectivity index (χ3v) is 8.35. The molecule has 0 aromatic carbocycles. The second kappa shape index (κ2) is 8.54. The summed E-state index contributed by atoms with van der Waals surface area (Å²) in [5.74, 6) is -2.27. The summed E-state index contributed by atoms with van der Waals surface area (Å²) in [6.07, 6.45) is -0.252. The van der Waals surface area contributed by atoms with Gasteiger partial charge in [-0.1, -0.05) is 53.1 Å². The molecule has 1 amide bonds. The van der Waals surface area contributed by atoms with Crippen molar-refractivity contribution in [1.82, 2.24) is 9.88 Å². The fraction of sp³-hybridized carbons (Fsp3) is 0.720. The summed E-state index contributed by atoms with van der Waals surface area (Å²) in [6, 6.07) is 1.49. The van der Waals surface area contributed by atoms with Gasteiger partial charge in [0.1, 0.15) is 5.15 Å². The number of carboxylic acid groups (broad SMARTS) is 2. The molecule has 2 aliphatic rings. The largest absolute Gasteiger partial charge is 0.481 e. The molecule has 0 saturated carbocycles. The minimum absolute atomic E-state index is 0.0195. The van der Waals surface area contributed by atoms with Crippen molar-refractivity contribution in [2.75, 3.05) is 24.5 Å². The van der Waals surface area contributed by atoms with Gasteiger partial charge in [0, 0.05) is 38.0 Å². The maximum absolute atomic E-state index is 15.7. The summed E-state index contributed by atoms with van der Waals surface area (Å²) in [5, 5.41) is 21.0. The standard InChI is InChI=1S/C25H37ClFN3O4/c1-22(2,3)19-24(7,23(4,5)6)30(21(33)34)12-9-25(19,20(31)32)14-15-18(27)16(13-17(26)28-15)29-10-8-11-29/h13,19H,8-12,14H2,1-7H3,(H,31,32)(H,33,34)/t19?,24-,25-/m1/s1. The molecule has 9 heteroatoms. The van der Waals surface area contributed by atoms with Gasteiger partial charge in [0.2, 0.25) is 0 Å². The van der Waals surface area contributed by atoms with Crippen molar-refractivity contribution >= 4 is 29.4 Å². The molecule has 1 unspecified atom stereocenters. The lowest BCUT2D eigenvalue weighted by Crippen LogP contribution is -2.72. The fourth-order valence-corrected chi connectivity index (χ4v) is 6.63. The van der Waals surface area contributed by atoms with E-state index in [0.29, 0.717) is 18.8 Å². The van der Waals surface area contributed by atoms with Crippen LogP contribution in [-0.2, 0) is 11.2 Å². The number of nitrogens with zero attached hydrogens (tertiary/aromatic N) is 3. The van der Waals surface area contributed by atoms with Gasteiger partial charge >= 0.3 is 12.1 Å². The van der Waals surface area contributed by atoms with Gasteiger partial charge in [-0.25, -0.2) is 14.2 Å². The number of aromatic nitrogens is 1. The molecule has 0 bridgehead atoms. The van der Waals surface area contributed by atoms with E-state index < -0.39 is 45.6 Å². The zero-order chi connectivity index (χ0) is 25.9. The van der Waals surface area contributed by atoms with Crippen LogP contribution < -0.4 is 4.90 Å². The van der Waals surface area contributed by atoms with Crippen LogP contribution in [0.2, 0.25) is 5.15 Å². The Morgan fingerprint density at radius 1 is 1.18 bits per heavy atom. The molecule has 0 aliphatic carbocycles. The third-order valence-electron chi connectivity index (χ3n) is 8.15. The molecule has 3 heterocycles. The lowest BCUT2D eigenvalue weighted by atomic mass is 9.47. The highest BCUT2D eigenvalue weighted by atomic mass is 35.5. The Balaban J connectivity index is 2.25. The number of piperidine rings is 1. The van der Waals surface area contributed by atoms with E-state index in [1.54, 1.807) is 0 Å². The lowest BCUT2D eigenvalue weighted by Gasteiger charge is -2.64. The highest BCUT2D eigenvalue weighted by Crippen LogP contribution is 2.60. The Labute approximate surface area is 206 Å². The predicted molar refractivity (Wildman–Crippen MR) is 130 cm³/mol. The fourth-order valence-electron chi connectivity index (χ4n) is 6.42. The number of rotatable bonds is 4. The Bertz CT molecular complexity index is 986. The summed E-state index contributed by atoms with van der Waals surface area (Å²) in [7, 11) is 0. The smallest absolute Gasteiger partial charge is 0.407 e. The van der Waals surface area contributed by atoms with Gasteiger partial charge in [-0.3, -0.25) is 4.79 Å². The molecular formula is C25H37ClFN3O4. The van der Waals surface area contributed by atoms with Gasteiger partial charge in [0.05, 0.1) is 22.3 Å². The minimum Gasteiger partial charge on any atom is -0.481 e. The number of amides is 1. The van der Waals surface area contributed by atoms with Crippen LogP contribution in [0.1, 0.15) is 67.0 Å². The first-order chi connectivity index (χ1) is 15.5. The Kier molecular flexibility index (Phi) is 6.66. The number of pyridine rings is 1. The molecule has 1 aromatic heterocycles. The summed E-state index contributed by atoms with van der Waals surface area (Å²) >= 11 is 6.27.